The first kappa shape index (κ1) is 11.4. The third-order valence-electron chi connectivity index (χ3n) is 2.52. The van der Waals surface area contributed by atoms with Crippen LogP contribution < -0.4 is 11.1 Å². The zero-order valence-corrected chi connectivity index (χ0v) is 8.40. The van der Waals surface area contributed by atoms with Gasteiger partial charge >= 0.3 is 0 Å². The van der Waals surface area contributed by atoms with Gasteiger partial charge in [0.2, 0.25) is 5.91 Å². The first-order valence-corrected chi connectivity index (χ1v) is 4.93. The monoisotopic (exact) mass is 202 g/mol. The van der Waals surface area contributed by atoms with Crippen molar-refractivity contribution < 1.29 is 14.6 Å². The van der Waals surface area contributed by atoms with Crippen LogP contribution in [0, 0.1) is 5.92 Å². The summed E-state index contributed by atoms with van der Waals surface area (Å²) in [5, 5.41) is 11.6. The molecule has 82 valence electrons. The summed E-state index contributed by atoms with van der Waals surface area (Å²) in [6.07, 6.45) is 0.713. The number of aliphatic hydroxyl groups is 1. The van der Waals surface area contributed by atoms with Gasteiger partial charge in [-0.3, -0.25) is 4.79 Å². The Kier molecular flexibility index (Phi) is 4.31. The SMILES string of the molecule is CCC(CO)NC(=O)C1COCC1N. The van der Waals surface area contributed by atoms with Gasteiger partial charge in [0.05, 0.1) is 31.8 Å². The minimum absolute atomic E-state index is 0.0367. The van der Waals surface area contributed by atoms with E-state index in [1.54, 1.807) is 0 Å². The number of amides is 1. The smallest absolute Gasteiger partial charge is 0.227 e. The number of carbonyl (C=O) groups excluding carboxylic acids is 1. The van der Waals surface area contributed by atoms with Crippen LogP contribution in [-0.2, 0) is 9.53 Å². The second-order valence-electron chi connectivity index (χ2n) is 3.60. The molecule has 0 aliphatic carbocycles. The Labute approximate surface area is 83.6 Å². The number of nitrogens with one attached hydrogen (secondary N) is 1. The van der Waals surface area contributed by atoms with Crippen molar-refractivity contribution in [3.63, 3.8) is 0 Å². The predicted octanol–water partition coefficient (Wildman–Crippen LogP) is -1.15. The van der Waals surface area contributed by atoms with Gasteiger partial charge in [0.15, 0.2) is 0 Å². The molecule has 3 atom stereocenters. The molecule has 1 amide bonds. The molecule has 0 aromatic carbocycles. The first-order valence-electron chi connectivity index (χ1n) is 4.93. The van der Waals surface area contributed by atoms with Crippen LogP contribution in [0.3, 0.4) is 0 Å². The lowest BCUT2D eigenvalue weighted by atomic mass is 10.0. The van der Waals surface area contributed by atoms with Crippen molar-refractivity contribution in [1.82, 2.24) is 5.32 Å². The van der Waals surface area contributed by atoms with Crippen molar-refractivity contribution in [2.75, 3.05) is 19.8 Å². The zero-order valence-electron chi connectivity index (χ0n) is 8.40. The van der Waals surface area contributed by atoms with Gasteiger partial charge in [-0.2, -0.15) is 0 Å². The molecule has 0 aromatic heterocycles. The Morgan fingerprint density at radius 3 is 2.86 bits per heavy atom. The Morgan fingerprint density at radius 1 is 1.71 bits per heavy atom. The van der Waals surface area contributed by atoms with Crippen LogP contribution in [0.15, 0.2) is 0 Å². The van der Waals surface area contributed by atoms with Gasteiger partial charge in [0, 0.05) is 6.04 Å². The lowest BCUT2D eigenvalue weighted by molar-refractivity contribution is -0.126. The molecular formula is C9H18N2O3. The molecule has 1 rings (SSSR count). The highest BCUT2D eigenvalue weighted by atomic mass is 16.5. The third-order valence-corrected chi connectivity index (χ3v) is 2.52. The fourth-order valence-electron chi connectivity index (χ4n) is 1.43. The van der Waals surface area contributed by atoms with Gasteiger partial charge in [0.25, 0.3) is 0 Å². The predicted molar refractivity (Wildman–Crippen MR) is 51.6 cm³/mol. The Morgan fingerprint density at radius 2 is 2.43 bits per heavy atom. The second-order valence-corrected chi connectivity index (χ2v) is 3.60. The summed E-state index contributed by atoms with van der Waals surface area (Å²) in [5.41, 5.74) is 5.69. The fourth-order valence-corrected chi connectivity index (χ4v) is 1.43. The standard InChI is InChI=1S/C9H18N2O3/c1-2-6(3-12)11-9(13)7-4-14-5-8(7)10/h6-8,12H,2-5,10H2,1H3,(H,11,13). The number of carbonyl (C=O) groups is 1. The Balaban J connectivity index is 2.40. The summed E-state index contributed by atoms with van der Waals surface area (Å²) in [7, 11) is 0. The van der Waals surface area contributed by atoms with Crippen LogP contribution in [0.2, 0.25) is 0 Å². The molecule has 0 aromatic rings. The lowest BCUT2D eigenvalue weighted by Gasteiger charge is -2.18. The number of aliphatic hydroxyl groups excluding tert-OH is 1. The molecule has 1 aliphatic rings. The Bertz CT molecular complexity index is 194. The molecule has 1 aliphatic heterocycles. The van der Waals surface area contributed by atoms with Crippen molar-refractivity contribution in [2.24, 2.45) is 11.7 Å². The quantitative estimate of drug-likeness (QED) is 0.537. The highest BCUT2D eigenvalue weighted by Gasteiger charge is 2.31. The maximum atomic E-state index is 11.6. The largest absolute Gasteiger partial charge is 0.394 e. The van der Waals surface area contributed by atoms with E-state index in [4.69, 9.17) is 15.6 Å². The van der Waals surface area contributed by atoms with Gasteiger partial charge in [-0.15, -0.1) is 0 Å². The summed E-state index contributed by atoms with van der Waals surface area (Å²) >= 11 is 0. The molecule has 1 saturated heterocycles. The van der Waals surface area contributed by atoms with Crippen LogP contribution in [-0.4, -0.2) is 42.9 Å². The van der Waals surface area contributed by atoms with E-state index in [1.165, 1.54) is 0 Å². The minimum atomic E-state index is -0.268. The number of hydrogen-bond donors (Lipinski definition) is 3. The average Bonchev–Trinajstić information content (AvgIpc) is 2.60. The van der Waals surface area contributed by atoms with Gasteiger partial charge < -0.3 is 20.9 Å². The van der Waals surface area contributed by atoms with E-state index in [0.29, 0.717) is 19.6 Å². The molecule has 5 heteroatoms. The second kappa shape index (κ2) is 5.29. The lowest BCUT2D eigenvalue weighted by Crippen LogP contribution is -2.46. The number of ether oxygens (including phenoxy) is 1. The van der Waals surface area contributed by atoms with E-state index in [9.17, 15) is 4.79 Å². The molecule has 0 spiro atoms. The topological polar surface area (TPSA) is 84.6 Å². The number of hydrogen-bond acceptors (Lipinski definition) is 4. The molecule has 1 fully saturated rings. The molecule has 5 nitrogen and oxygen atoms in total. The van der Waals surface area contributed by atoms with E-state index >= 15 is 0 Å². The van der Waals surface area contributed by atoms with Crippen LogP contribution >= 0.6 is 0 Å². The van der Waals surface area contributed by atoms with E-state index < -0.39 is 0 Å². The third kappa shape index (κ3) is 2.67. The van der Waals surface area contributed by atoms with E-state index in [2.05, 4.69) is 5.32 Å². The molecule has 4 N–H and O–H groups in total. The highest BCUT2D eigenvalue weighted by Crippen LogP contribution is 2.11. The molecule has 14 heavy (non-hydrogen) atoms. The maximum Gasteiger partial charge on any atom is 0.227 e. The number of nitrogens with two attached hydrogens (primary N) is 1. The summed E-state index contributed by atoms with van der Waals surface area (Å²) in [6.45, 7) is 2.69. The van der Waals surface area contributed by atoms with Crippen molar-refractivity contribution in [3.8, 4) is 0 Å². The average molecular weight is 202 g/mol. The van der Waals surface area contributed by atoms with Crippen molar-refractivity contribution in [3.05, 3.63) is 0 Å². The van der Waals surface area contributed by atoms with Crippen LogP contribution in [0.5, 0.6) is 0 Å². The zero-order chi connectivity index (χ0) is 10.6. The summed E-state index contributed by atoms with van der Waals surface area (Å²) in [4.78, 5) is 11.6. The molecule has 1 heterocycles. The van der Waals surface area contributed by atoms with Gasteiger partial charge in [-0.05, 0) is 6.42 Å². The highest BCUT2D eigenvalue weighted by molar-refractivity contribution is 5.80. The van der Waals surface area contributed by atoms with E-state index in [1.807, 2.05) is 6.92 Å². The number of rotatable bonds is 4. The van der Waals surface area contributed by atoms with Gasteiger partial charge in [0.1, 0.15) is 0 Å². The summed E-state index contributed by atoms with van der Waals surface area (Å²) in [6, 6.07) is -0.388. The molecule has 0 radical (unpaired) electrons. The van der Waals surface area contributed by atoms with Crippen LogP contribution in [0.1, 0.15) is 13.3 Å². The van der Waals surface area contributed by atoms with Gasteiger partial charge in [-0.1, -0.05) is 6.92 Å². The Hall–Kier alpha value is -0.650. The van der Waals surface area contributed by atoms with Crippen LogP contribution in [0.25, 0.3) is 0 Å². The van der Waals surface area contributed by atoms with Crippen LogP contribution in [0.4, 0.5) is 0 Å². The first-order chi connectivity index (χ1) is 6.69. The minimum Gasteiger partial charge on any atom is -0.394 e. The molecular weight excluding hydrogens is 184 g/mol. The molecule has 3 unspecified atom stereocenters. The summed E-state index contributed by atoms with van der Waals surface area (Å²) in [5.74, 6) is -0.383. The normalized spacial score (nSPS) is 28.8. The fraction of sp³-hybridized carbons (Fsp3) is 0.889. The maximum absolute atomic E-state index is 11.6. The van der Waals surface area contributed by atoms with E-state index in [0.717, 1.165) is 0 Å². The molecule has 0 saturated carbocycles. The van der Waals surface area contributed by atoms with Crippen molar-refractivity contribution in [1.29, 1.82) is 0 Å². The van der Waals surface area contributed by atoms with Crippen molar-refractivity contribution in [2.45, 2.75) is 25.4 Å². The molecule has 0 bridgehead atoms. The van der Waals surface area contributed by atoms with E-state index in [-0.39, 0.29) is 30.5 Å². The van der Waals surface area contributed by atoms with Crippen molar-refractivity contribution >= 4 is 5.91 Å². The summed E-state index contributed by atoms with van der Waals surface area (Å²) < 4.78 is 5.09. The van der Waals surface area contributed by atoms with Gasteiger partial charge in [-0.25, -0.2) is 0 Å².